The molecule has 2 aromatic carbocycles. The Bertz CT molecular complexity index is 725. The van der Waals surface area contributed by atoms with Crippen molar-refractivity contribution in [2.45, 2.75) is 44.5 Å². The molecule has 0 radical (unpaired) electrons. The van der Waals surface area contributed by atoms with E-state index in [1.807, 2.05) is 4.90 Å². The van der Waals surface area contributed by atoms with Crippen molar-refractivity contribution >= 4 is 29.3 Å². The zero-order valence-corrected chi connectivity index (χ0v) is 16.0. The summed E-state index contributed by atoms with van der Waals surface area (Å²) in [5, 5.41) is 6.35. The molecule has 1 aliphatic rings. The fraction of sp³-hybridized carbons (Fsp3) is 0.476. The molecule has 1 aliphatic heterocycles. The lowest BCUT2D eigenvalue weighted by Gasteiger charge is -2.27. The van der Waals surface area contributed by atoms with Crippen LogP contribution in [0.5, 0.6) is 0 Å². The van der Waals surface area contributed by atoms with Gasteiger partial charge in [-0.15, -0.1) is 0 Å². The minimum atomic E-state index is 0.243. The number of hydrogen-bond acceptors (Lipinski definition) is 3. The molecule has 0 spiro atoms. The van der Waals surface area contributed by atoms with Crippen molar-refractivity contribution in [2.75, 3.05) is 13.1 Å². The Morgan fingerprint density at radius 2 is 2.00 bits per heavy atom. The highest BCUT2D eigenvalue weighted by Crippen LogP contribution is 2.22. The van der Waals surface area contributed by atoms with Crippen LogP contribution in [0.15, 0.2) is 42.5 Å². The van der Waals surface area contributed by atoms with Gasteiger partial charge in [-0.3, -0.25) is 4.79 Å². The summed E-state index contributed by atoms with van der Waals surface area (Å²) < 4.78 is 0. The molecule has 0 unspecified atom stereocenters. The highest BCUT2D eigenvalue weighted by molar-refractivity contribution is 7.81. The van der Waals surface area contributed by atoms with Crippen molar-refractivity contribution in [3.63, 3.8) is 0 Å². The molecule has 3 rings (SSSR count). The Morgan fingerprint density at radius 3 is 2.72 bits per heavy atom. The lowest BCUT2D eigenvalue weighted by molar-refractivity contribution is -0.132. The normalized spacial score (nSPS) is 20.3. The number of amides is 1. The van der Waals surface area contributed by atoms with E-state index in [2.05, 4.69) is 74.3 Å². The van der Waals surface area contributed by atoms with Gasteiger partial charge in [0.05, 0.1) is 0 Å². The molecule has 0 aromatic heterocycles. The molecule has 1 amide bonds. The first-order valence-corrected chi connectivity index (χ1v) is 9.70. The number of carbonyl (C=O) groups excluding carboxylic acids is 1. The number of thiol groups is 1. The highest BCUT2D eigenvalue weighted by atomic mass is 32.1. The van der Waals surface area contributed by atoms with E-state index in [0.717, 1.165) is 19.5 Å². The molecule has 1 fully saturated rings. The van der Waals surface area contributed by atoms with E-state index in [4.69, 9.17) is 0 Å². The maximum Gasteiger partial charge on any atom is 0.223 e. The molecular weight excluding hydrogens is 328 g/mol. The first kappa shape index (κ1) is 18.3. The minimum Gasteiger partial charge on any atom is -0.337 e. The average molecular weight is 357 g/mol. The molecular formula is C21H28N2OS. The number of hydrogen-bond donors (Lipinski definition) is 2. The van der Waals surface area contributed by atoms with Gasteiger partial charge in [0, 0.05) is 37.3 Å². The second-order valence-electron chi connectivity index (χ2n) is 7.51. The van der Waals surface area contributed by atoms with Crippen molar-refractivity contribution < 1.29 is 4.79 Å². The van der Waals surface area contributed by atoms with E-state index < -0.39 is 0 Å². The third-order valence-corrected chi connectivity index (χ3v) is 5.21. The van der Waals surface area contributed by atoms with Gasteiger partial charge in [0.25, 0.3) is 0 Å². The summed E-state index contributed by atoms with van der Waals surface area (Å²) in [4.78, 5) is 14.9. The van der Waals surface area contributed by atoms with Gasteiger partial charge in [0.2, 0.25) is 5.91 Å². The molecule has 134 valence electrons. The van der Waals surface area contributed by atoms with Crippen LogP contribution in [0.3, 0.4) is 0 Å². The van der Waals surface area contributed by atoms with Gasteiger partial charge in [0.1, 0.15) is 0 Å². The van der Waals surface area contributed by atoms with Crippen LogP contribution in [-0.4, -0.2) is 35.2 Å². The summed E-state index contributed by atoms with van der Waals surface area (Å²) in [6.45, 7) is 6.56. The van der Waals surface area contributed by atoms with Crippen LogP contribution in [0.1, 0.15) is 32.3 Å². The topological polar surface area (TPSA) is 32.3 Å². The molecule has 4 heteroatoms. The molecule has 0 aliphatic carbocycles. The van der Waals surface area contributed by atoms with Gasteiger partial charge in [0.15, 0.2) is 0 Å². The van der Waals surface area contributed by atoms with Crippen molar-refractivity contribution in [2.24, 2.45) is 5.92 Å². The molecule has 1 saturated heterocycles. The summed E-state index contributed by atoms with van der Waals surface area (Å²) in [5.41, 5.74) is 1.22. The Hall–Kier alpha value is -1.52. The summed E-state index contributed by atoms with van der Waals surface area (Å²) in [6, 6.07) is 15.1. The molecule has 0 saturated carbocycles. The van der Waals surface area contributed by atoms with E-state index in [-0.39, 0.29) is 5.91 Å². The molecule has 1 N–H and O–H groups in total. The van der Waals surface area contributed by atoms with Crippen LogP contribution < -0.4 is 5.32 Å². The lowest BCUT2D eigenvalue weighted by Crippen LogP contribution is -2.41. The first-order chi connectivity index (χ1) is 12.0. The van der Waals surface area contributed by atoms with E-state index in [0.29, 0.717) is 30.2 Å². The maximum atomic E-state index is 12.8. The van der Waals surface area contributed by atoms with Crippen LogP contribution in [0.2, 0.25) is 0 Å². The van der Waals surface area contributed by atoms with Gasteiger partial charge < -0.3 is 10.2 Å². The Morgan fingerprint density at radius 1 is 1.24 bits per heavy atom. The van der Waals surface area contributed by atoms with Crippen LogP contribution in [0, 0.1) is 5.92 Å². The van der Waals surface area contributed by atoms with E-state index in [1.165, 1.54) is 16.3 Å². The van der Waals surface area contributed by atoms with E-state index in [1.54, 1.807) is 0 Å². The lowest BCUT2D eigenvalue weighted by atomic mass is 10.0. The van der Waals surface area contributed by atoms with Crippen LogP contribution in [0.25, 0.3) is 10.8 Å². The standard InChI is InChI=1S/C21H28N2OS/c1-15(2)10-21(24)23(14-18-11-19(25)12-22-18)13-17-8-5-7-16-6-3-4-9-20(16)17/h3-9,15,18-19,22,25H,10-14H2,1-2H3/t18-,19-/m0/s1. The number of nitrogens with zero attached hydrogens (tertiary/aromatic N) is 1. The third-order valence-electron chi connectivity index (χ3n) is 4.82. The molecule has 3 nitrogen and oxygen atoms in total. The number of carbonyl (C=O) groups is 1. The van der Waals surface area contributed by atoms with Crippen LogP contribution in [0.4, 0.5) is 0 Å². The van der Waals surface area contributed by atoms with Crippen molar-refractivity contribution in [3.8, 4) is 0 Å². The predicted octanol–water partition coefficient (Wildman–Crippen LogP) is 3.87. The number of rotatable bonds is 6. The Kier molecular flexibility index (Phi) is 6.02. The van der Waals surface area contributed by atoms with E-state index >= 15 is 0 Å². The average Bonchev–Trinajstić information content (AvgIpc) is 2.99. The second kappa shape index (κ2) is 8.24. The SMILES string of the molecule is CC(C)CC(=O)N(Cc1cccc2ccccc12)C[C@@H]1C[C@H](S)CN1. The van der Waals surface area contributed by atoms with Crippen LogP contribution >= 0.6 is 12.6 Å². The largest absolute Gasteiger partial charge is 0.337 e. The monoisotopic (exact) mass is 356 g/mol. The molecule has 2 atom stereocenters. The van der Waals surface area contributed by atoms with Gasteiger partial charge in [-0.1, -0.05) is 56.3 Å². The number of fused-ring (bicyclic) bond motifs is 1. The third kappa shape index (κ3) is 4.77. The predicted molar refractivity (Wildman–Crippen MR) is 108 cm³/mol. The quantitative estimate of drug-likeness (QED) is 0.770. The Balaban J connectivity index is 1.81. The van der Waals surface area contributed by atoms with Gasteiger partial charge in [-0.2, -0.15) is 12.6 Å². The minimum absolute atomic E-state index is 0.243. The van der Waals surface area contributed by atoms with Crippen molar-refractivity contribution in [3.05, 3.63) is 48.0 Å². The van der Waals surface area contributed by atoms with Gasteiger partial charge in [-0.25, -0.2) is 0 Å². The zero-order valence-electron chi connectivity index (χ0n) is 15.1. The second-order valence-corrected chi connectivity index (χ2v) is 8.24. The van der Waals surface area contributed by atoms with Crippen molar-refractivity contribution in [1.82, 2.24) is 10.2 Å². The smallest absolute Gasteiger partial charge is 0.223 e. The Labute approximate surface area is 156 Å². The fourth-order valence-electron chi connectivity index (χ4n) is 3.57. The van der Waals surface area contributed by atoms with E-state index in [9.17, 15) is 4.79 Å². The highest BCUT2D eigenvalue weighted by Gasteiger charge is 2.26. The summed E-state index contributed by atoms with van der Waals surface area (Å²) in [7, 11) is 0. The first-order valence-electron chi connectivity index (χ1n) is 9.19. The van der Waals surface area contributed by atoms with Crippen molar-refractivity contribution in [1.29, 1.82) is 0 Å². The van der Waals surface area contributed by atoms with Gasteiger partial charge in [-0.05, 0) is 28.7 Å². The molecule has 1 heterocycles. The molecule has 25 heavy (non-hydrogen) atoms. The molecule has 2 aromatic rings. The molecule has 0 bridgehead atoms. The maximum absolute atomic E-state index is 12.8. The number of benzene rings is 2. The van der Waals surface area contributed by atoms with Crippen LogP contribution in [-0.2, 0) is 11.3 Å². The summed E-state index contributed by atoms with van der Waals surface area (Å²) in [5.74, 6) is 0.615. The summed E-state index contributed by atoms with van der Waals surface area (Å²) in [6.07, 6.45) is 1.62. The number of nitrogens with one attached hydrogen (secondary N) is 1. The fourth-order valence-corrected chi connectivity index (χ4v) is 3.93. The zero-order chi connectivity index (χ0) is 17.8. The summed E-state index contributed by atoms with van der Waals surface area (Å²) >= 11 is 4.56. The van der Waals surface area contributed by atoms with Gasteiger partial charge >= 0.3 is 0 Å².